The molecule has 2 saturated carbocycles. The van der Waals surface area contributed by atoms with Crippen molar-refractivity contribution in [2.24, 2.45) is 23.2 Å². The predicted molar refractivity (Wildman–Crippen MR) is 87.8 cm³/mol. The van der Waals surface area contributed by atoms with Crippen molar-refractivity contribution in [1.82, 2.24) is 0 Å². The van der Waals surface area contributed by atoms with Crippen LogP contribution in [0.2, 0.25) is 0 Å². The number of rotatable bonds is 2. The first-order valence-electron chi connectivity index (χ1n) is 8.62. The summed E-state index contributed by atoms with van der Waals surface area (Å²) in [6.45, 7) is 13.6. The Hall–Kier alpha value is -1.62. The fourth-order valence-electron chi connectivity index (χ4n) is 4.72. The SMILES string of the molecule is C=C1C(=O)O[C@H]2[C@H]1[C@@H](O)C[C@@]1(C)[C@@H](OC(=O)C(C)C)CCC(=C)[C@H]21. The molecule has 0 aromatic carbocycles. The molecule has 3 aliphatic rings. The van der Waals surface area contributed by atoms with Crippen LogP contribution in [0, 0.1) is 23.2 Å². The summed E-state index contributed by atoms with van der Waals surface area (Å²) in [7, 11) is 0. The number of carbonyl (C=O) groups is 2. The summed E-state index contributed by atoms with van der Waals surface area (Å²) >= 11 is 0. The van der Waals surface area contributed by atoms with Crippen LogP contribution in [0.3, 0.4) is 0 Å². The molecular formula is C19H26O5. The van der Waals surface area contributed by atoms with E-state index in [1.807, 2.05) is 6.92 Å². The Morgan fingerprint density at radius 3 is 2.71 bits per heavy atom. The van der Waals surface area contributed by atoms with Crippen molar-refractivity contribution in [3.8, 4) is 0 Å². The summed E-state index contributed by atoms with van der Waals surface area (Å²) in [5.74, 6) is -1.42. The van der Waals surface area contributed by atoms with E-state index in [4.69, 9.17) is 9.47 Å². The Labute approximate surface area is 142 Å². The van der Waals surface area contributed by atoms with Gasteiger partial charge in [-0.1, -0.05) is 39.5 Å². The van der Waals surface area contributed by atoms with E-state index >= 15 is 0 Å². The highest BCUT2D eigenvalue weighted by Crippen LogP contribution is 2.58. The van der Waals surface area contributed by atoms with E-state index in [0.29, 0.717) is 18.4 Å². The lowest BCUT2D eigenvalue weighted by molar-refractivity contribution is -0.184. The molecule has 24 heavy (non-hydrogen) atoms. The summed E-state index contributed by atoms with van der Waals surface area (Å²) in [5.41, 5.74) is 0.841. The molecule has 1 heterocycles. The van der Waals surface area contributed by atoms with Crippen molar-refractivity contribution in [3.63, 3.8) is 0 Å². The van der Waals surface area contributed by atoms with Gasteiger partial charge in [-0.15, -0.1) is 0 Å². The minimum absolute atomic E-state index is 0.132. The Balaban J connectivity index is 1.95. The van der Waals surface area contributed by atoms with E-state index in [0.717, 1.165) is 12.0 Å². The van der Waals surface area contributed by atoms with E-state index in [1.54, 1.807) is 13.8 Å². The molecular weight excluding hydrogens is 308 g/mol. The zero-order chi connectivity index (χ0) is 17.8. The molecule has 2 aliphatic carbocycles. The van der Waals surface area contributed by atoms with Crippen molar-refractivity contribution < 1.29 is 24.2 Å². The first-order valence-corrected chi connectivity index (χ1v) is 8.62. The van der Waals surface area contributed by atoms with Crippen molar-refractivity contribution in [2.45, 2.75) is 58.3 Å². The topological polar surface area (TPSA) is 72.8 Å². The van der Waals surface area contributed by atoms with Crippen LogP contribution in [0.25, 0.3) is 0 Å². The maximum Gasteiger partial charge on any atom is 0.334 e. The van der Waals surface area contributed by atoms with Gasteiger partial charge in [0, 0.05) is 16.9 Å². The standard InChI is InChI=1S/C19H26O5/c1-9(2)17(21)23-13-7-6-10(3)15-16-14(11(4)18(22)24-16)12(20)8-19(13,15)5/h9,12-16,20H,3-4,6-8H2,1-2,5H3/t12-,13-,14+,15+,16-,19-/m0/s1. The average molecular weight is 334 g/mol. The van der Waals surface area contributed by atoms with Gasteiger partial charge in [-0.05, 0) is 19.3 Å². The molecule has 5 nitrogen and oxygen atoms in total. The van der Waals surface area contributed by atoms with Crippen LogP contribution in [0.1, 0.15) is 40.0 Å². The first-order chi connectivity index (χ1) is 11.2. The maximum atomic E-state index is 12.1. The second-order valence-corrected chi connectivity index (χ2v) is 7.95. The Morgan fingerprint density at radius 2 is 2.08 bits per heavy atom. The summed E-state index contributed by atoms with van der Waals surface area (Å²) < 4.78 is 11.3. The molecule has 0 aromatic rings. The minimum atomic E-state index is -0.735. The second-order valence-electron chi connectivity index (χ2n) is 7.95. The molecule has 1 N–H and O–H groups in total. The van der Waals surface area contributed by atoms with Gasteiger partial charge in [-0.3, -0.25) is 4.79 Å². The highest BCUT2D eigenvalue weighted by molar-refractivity contribution is 5.91. The van der Waals surface area contributed by atoms with E-state index in [2.05, 4.69) is 13.2 Å². The second kappa shape index (κ2) is 5.73. The summed E-state index contributed by atoms with van der Waals surface area (Å²) in [6, 6.07) is 0. The number of aliphatic hydroxyl groups excluding tert-OH is 1. The normalized spacial score (nSPS) is 41.7. The Kier molecular flexibility index (Phi) is 4.11. The van der Waals surface area contributed by atoms with Crippen molar-refractivity contribution >= 4 is 11.9 Å². The molecule has 0 bridgehead atoms. The van der Waals surface area contributed by atoms with E-state index in [-0.39, 0.29) is 23.9 Å². The Bertz CT molecular complexity index is 607. The number of fused-ring (bicyclic) bond motifs is 3. The monoisotopic (exact) mass is 334 g/mol. The molecule has 0 aromatic heterocycles. The van der Waals surface area contributed by atoms with Crippen LogP contribution >= 0.6 is 0 Å². The third-order valence-corrected chi connectivity index (χ3v) is 6.00. The lowest BCUT2D eigenvalue weighted by Crippen LogP contribution is -2.58. The highest BCUT2D eigenvalue weighted by Gasteiger charge is 2.62. The van der Waals surface area contributed by atoms with Gasteiger partial charge < -0.3 is 14.6 Å². The van der Waals surface area contributed by atoms with Crippen LogP contribution in [0.5, 0.6) is 0 Å². The number of hydrogen-bond donors (Lipinski definition) is 1. The van der Waals surface area contributed by atoms with Crippen LogP contribution in [-0.4, -0.2) is 35.4 Å². The molecule has 3 rings (SSSR count). The number of esters is 2. The lowest BCUT2D eigenvalue weighted by atomic mass is 9.53. The van der Waals surface area contributed by atoms with Crippen molar-refractivity contribution in [1.29, 1.82) is 0 Å². The third kappa shape index (κ3) is 2.41. The molecule has 0 spiro atoms. The number of aliphatic hydroxyl groups is 1. The largest absolute Gasteiger partial charge is 0.462 e. The van der Waals surface area contributed by atoms with E-state index < -0.39 is 29.5 Å². The van der Waals surface area contributed by atoms with Gasteiger partial charge in [-0.25, -0.2) is 4.79 Å². The van der Waals surface area contributed by atoms with Gasteiger partial charge in [0.25, 0.3) is 0 Å². The molecule has 132 valence electrons. The molecule has 1 aliphatic heterocycles. The third-order valence-electron chi connectivity index (χ3n) is 6.00. The fraction of sp³-hybridized carbons (Fsp3) is 0.684. The lowest BCUT2D eigenvalue weighted by Gasteiger charge is -2.54. The summed E-state index contributed by atoms with van der Waals surface area (Å²) in [6.07, 6.45) is 0.325. The van der Waals surface area contributed by atoms with Gasteiger partial charge in [0.05, 0.1) is 17.9 Å². The van der Waals surface area contributed by atoms with Crippen LogP contribution in [0.15, 0.2) is 24.3 Å². The molecule has 0 radical (unpaired) electrons. The highest BCUT2D eigenvalue weighted by atomic mass is 16.6. The van der Waals surface area contributed by atoms with Crippen molar-refractivity contribution in [3.05, 3.63) is 24.3 Å². The molecule has 3 fully saturated rings. The zero-order valence-electron chi connectivity index (χ0n) is 14.6. The first kappa shape index (κ1) is 17.2. The molecule has 5 heteroatoms. The molecule has 6 atom stereocenters. The van der Waals surface area contributed by atoms with Gasteiger partial charge >= 0.3 is 11.9 Å². The van der Waals surface area contributed by atoms with E-state index in [9.17, 15) is 14.7 Å². The van der Waals surface area contributed by atoms with Crippen molar-refractivity contribution in [2.75, 3.05) is 0 Å². The molecule has 0 amide bonds. The maximum absolute atomic E-state index is 12.1. The van der Waals surface area contributed by atoms with Gasteiger partial charge in [0.15, 0.2) is 0 Å². The van der Waals surface area contributed by atoms with Gasteiger partial charge in [-0.2, -0.15) is 0 Å². The van der Waals surface area contributed by atoms with Crippen LogP contribution < -0.4 is 0 Å². The van der Waals surface area contributed by atoms with Gasteiger partial charge in [0.1, 0.15) is 12.2 Å². The minimum Gasteiger partial charge on any atom is -0.462 e. The predicted octanol–water partition coefficient (Wildman–Crippen LogP) is 2.39. The number of carbonyl (C=O) groups excluding carboxylic acids is 2. The zero-order valence-corrected chi connectivity index (χ0v) is 14.6. The quantitative estimate of drug-likeness (QED) is 0.477. The number of hydrogen-bond acceptors (Lipinski definition) is 5. The average Bonchev–Trinajstić information content (AvgIpc) is 2.77. The summed E-state index contributed by atoms with van der Waals surface area (Å²) in [4.78, 5) is 24.1. The van der Waals surface area contributed by atoms with Crippen LogP contribution in [-0.2, 0) is 19.1 Å². The molecule has 1 saturated heterocycles. The van der Waals surface area contributed by atoms with Gasteiger partial charge in [0.2, 0.25) is 0 Å². The van der Waals surface area contributed by atoms with Crippen LogP contribution in [0.4, 0.5) is 0 Å². The van der Waals surface area contributed by atoms with E-state index in [1.165, 1.54) is 0 Å². The number of ether oxygens (including phenoxy) is 2. The Morgan fingerprint density at radius 1 is 1.42 bits per heavy atom. The fourth-order valence-corrected chi connectivity index (χ4v) is 4.72. The smallest absolute Gasteiger partial charge is 0.334 e. The summed E-state index contributed by atoms with van der Waals surface area (Å²) in [5, 5.41) is 10.7. The molecule has 0 unspecified atom stereocenters.